The Morgan fingerprint density at radius 3 is 2.41 bits per heavy atom. The number of sulfonamides is 1. The molecule has 0 aromatic heterocycles. The van der Waals surface area contributed by atoms with Gasteiger partial charge in [-0.3, -0.25) is 4.79 Å². The number of benzene rings is 2. The van der Waals surface area contributed by atoms with Crippen LogP contribution in [0.4, 0.5) is 10.1 Å². The first-order valence-electron chi connectivity index (χ1n) is 9.21. The third-order valence-electron chi connectivity index (χ3n) is 4.70. The number of halogens is 1. The number of anilines is 1. The fourth-order valence-electron chi connectivity index (χ4n) is 2.96. The molecule has 7 nitrogen and oxygen atoms in total. The van der Waals surface area contributed by atoms with Crippen molar-refractivity contribution in [2.45, 2.75) is 11.4 Å². The molecule has 9 heteroatoms. The monoisotopic (exact) mass is 421 g/mol. The molecule has 156 valence electrons. The molecule has 2 aromatic carbocycles. The number of nitrogens with zero attached hydrogens (tertiary/aromatic N) is 2. The smallest absolute Gasteiger partial charge is 0.254 e. The number of amides is 1. The molecule has 0 spiro atoms. The zero-order chi connectivity index (χ0) is 21.0. The van der Waals surface area contributed by atoms with Gasteiger partial charge in [0.15, 0.2) is 0 Å². The van der Waals surface area contributed by atoms with Gasteiger partial charge in [0.2, 0.25) is 10.0 Å². The van der Waals surface area contributed by atoms with Crippen molar-refractivity contribution in [3.05, 3.63) is 59.4 Å². The second-order valence-electron chi connectivity index (χ2n) is 6.90. The van der Waals surface area contributed by atoms with Gasteiger partial charge in [0.05, 0.1) is 23.7 Å². The van der Waals surface area contributed by atoms with E-state index < -0.39 is 21.7 Å². The Morgan fingerprint density at radius 2 is 1.79 bits per heavy atom. The highest BCUT2D eigenvalue weighted by molar-refractivity contribution is 7.89. The van der Waals surface area contributed by atoms with Crippen molar-refractivity contribution in [1.29, 1.82) is 0 Å². The summed E-state index contributed by atoms with van der Waals surface area (Å²) in [5.41, 5.74) is 1.57. The van der Waals surface area contributed by atoms with Crippen molar-refractivity contribution in [2.75, 3.05) is 45.3 Å². The van der Waals surface area contributed by atoms with Gasteiger partial charge in [0, 0.05) is 39.4 Å². The number of carbonyl (C=O) groups is 1. The SMILES string of the molecule is CN(C)c1ccc(CNC(=O)c2cc(S(=O)(=O)N3CCOCC3)ccc2F)cc1. The van der Waals surface area contributed by atoms with Gasteiger partial charge in [-0.2, -0.15) is 4.31 Å². The Hall–Kier alpha value is -2.49. The molecule has 0 aliphatic carbocycles. The van der Waals surface area contributed by atoms with Crippen LogP contribution in [0.2, 0.25) is 0 Å². The summed E-state index contributed by atoms with van der Waals surface area (Å²) in [7, 11) is 0.0433. The van der Waals surface area contributed by atoms with Crippen LogP contribution >= 0.6 is 0 Å². The lowest BCUT2D eigenvalue weighted by atomic mass is 10.1. The summed E-state index contributed by atoms with van der Waals surface area (Å²) in [5.74, 6) is -1.44. The van der Waals surface area contributed by atoms with Gasteiger partial charge in [-0.25, -0.2) is 12.8 Å². The zero-order valence-corrected chi connectivity index (χ0v) is 17.2. The summed E-state index contributed by atoms with van der Waals surface area (Å²) >= 11 is 0. The van der Waals surface area contributed by atoms with Gasteiger partial charge in [-0.15, -0.1) is 0 Å². The largest absolute Gasteiger partial charge is 0.379 e. The maximum atomic E-state index is 14.2. The molecule has 1 amide bonds. The van der Waals surface area contributed by atoms with Crippen LogP contribution < -0.4 is 10.2 Å². The minimum Gasteiger partial charge on any atom is -0.379 e. The van der Waals surface area contributed by atoms with E-state index in [1.54, 1.807) is 0 Å². The normalized spacial score (nSPS) is 15.1. The average Bonchev–Trinajstić information content (AvgIpc) is 2.73. The molecule has 0 radical (unpaired) electrons. The lowest BCUT2D eigenvalue weighted by molar-refractivity contribution is 0.0730. The molecule has 0 unspecified atom stereocenters. The Labute approximate surface area is 170 Å². The van der Waals surface area contributed by atoms with Crippen LogP contribution in [-0.2, 0) is 21.3 Å². The molecule has 0 atom stereocenters. The van der Waals surface area contributed by atoms with E-state index in [2.05, 4.69) is 5.32 Å². The zero-order valence-electron chi connectivity index (χ0n) is 16.4. The molecule has 2 aromatic rings. The summed E-state index contributed by atoms with van der Waals surface area (Å²) in [6.07, 6.45) is 0. The Morgan fingerprint density at radius 1 is 1.14 bits per heavy atom. The van der Waals surface area contributed by atoms with Crippen LogP contribution in [0.25, 0.3) is 0 Å². The third-order valence-corrected chi connectivity index (χ3v) is 6.59. The Balaban J connectivity index is 1.74. The highest BCUT2D eigenvalue weighted by Gasteiger charge is 2.27. The maximum Gasteiger partial charge on any atom is 0.254 e. The summed E-state index contributed by atoms with van der Waals surface area (Å²) in [6.45, 7) is 1.27. The number of hydrogen-bond donors (Lipinski definition) is 1. The number of morpholine rings is 1. The topological polar surface area (TPSA) is 79.0 Å². The molecule has 0 bridgehead atoms. The second-order valence-corrected chi connectivity index (χ2v) is 8.84. The first-order valence-corrected chi connectivity index (χ1v) is 10.6. The Kier molecular flexibility index (Phi) is 6.51. The molecule has 0 saturated carbocycles. The predicted octanol–water partition coefficient (Wildman–Crippen LogP) is 1.84. The van der Waals surface area contributed by atoms with Gasteiger partial charge in [0.25, 0.3) is 5.91 Å². The highest BCUT2D eigenvalue weighted by atomic mass is 32.2. The summed E-state index contributed by atoms with van der Waals surface area (Å²) in [6, 6.07) is 10.8. The van der Waals surface area contributed by atoms with Crippen LogP contribution in [0.15, 0.2) is 47.4 Å². The minimum atomic E-state index is -3.81. The number of rotatable bonds is 6. The van der Waals surface area contributed by atoms with Crippen molar-refractivity contribution in [3.8, 4) is 0 Å². The molecule has 1 saturated heterocycles. The van der Waals surface area contributed by atoms with Crippen molar-refractivity contribution in [2.24, 2.45) is 0 Å². The van der Waals surface area contributed by atoms with Crippen molar-refractivity contribution >= 4 is 21.6 Å². The molecule has 1 aliphatic rings. The van der Waals surface area contributed by atoms with E-state index in [-0.39, 0.29) is 30.1 Å². The average molecular weight is 421 g/mol. The summed E-state index contributed by atoms with van der Waals surface area (Å²) in [5, 5.41) is 2.64. The number of carbonyl (C=O) groups excluding carboxylic acids is 1. The van der Waals surface area contributed by atoms with Gasteiger partial charge >= 0.3 is 0 Å². The van der Waals surface area contributed by atoms with Crippen LogP contribution in [-0.4, -0.2) is 59.0 Å². The molecule has 29 heavy (non-hydrogen) atoms. The van der Waals surface area contributed by atoms with Crippen LogP contribution in [0, 0.1) is 5.82 Å². The molecular formula is C20H24FN3O4S. The van der Waals surface area contributed by atoms with Crippen molar-refractivity contribution in [3.63, 3.8) is 0 Å². The standard InChI is InChI=1S/C20H24FN3O4S/c1-23(2)16-5-3-15(4-6-16)14-22-20(25)18-13-17(7-8-19(18)21)29(26,27)24-9-11-28-12-10-24/h3-8,13H,9-12,14H2,1-2H3,(H,22,25). The van der Waals surface area contributed by atoms with Crippen molar-refractivity contribution < 1.29 is 22.3 Å². The number of hydrogen-bond acceptors (Lipinski definition) is 5. The third kappa shape index (κ3) is 4.92. The lowest BCUT2D eigenvalue weighted by Crippen LogP contribution is -2.40. The lowest BCUT2D eigenvalue weighted by Gasteiger charge is -2.26. The van der Waals surface area contributed by atoms with Gasteiger partial charge in [-0.1, -0.05) is 12.1 Å². The van der Waals surface area contributed by atoms with Crippen LogP contribution in [0.5, 0.6) is 0 Å². The molecule has 1 fully saturated rings. The summed E-state index contributed by atoms with van der Waals surface area (Å²) < 4.78 is 46.2. The van der Waals surface area contributed by atoms with E-state index in [1.165, 1.54) is 10.4 Å². The summed E-state index contributed by atoms with van der Waals surface area (Å²) in [4.78, 5) is 14.3. The molecule has 1 N–H and O–H groups in total. The fourth-order valence-corrected chi connectivity index (χ4v) is 4.40. The quantitative estimate of drug-likeness (QED) is 0.770. The van der Waals surface area contributed by atoms with Gasteiger partial charge < -0.3 is 15.0 Å². The first kappa shape index (κ1) is 21.2. The van der Waals surface area contributed by atoms with E-state index in [0.29, 0.717) is 13.2 Å². The molecular weight excluding hydrogens is 397 g/mol. The molecule has 1 heterocycles. The number of nitrogens with one attached hydrogen (secondary N) is 1. The predicted molar refractivity (Wildman–Crippen MR) is 108 cm³/mol. The van der Waals surface area contributed by atoms with E-state index in [4.69, 9.17) is 4.74 Å². The van der Waals surface area contributed by atoms with Gasteiger partial charge in [-0.05, 0) is 35.9 Å². The van der Waals surface area contributed by atoms with E-state index in [0.717, 1.165) is 23.4 Å². The van der Waals surface area contributed by atoms with Crippen molar-refractivity contribution in [1.82, 2.24) is 9.62 Å². The fraction of sp³-hybridized carbons (Fsp3) is 0.350. The molecule has 1 aliphatic heterocycles. The van der Waals surface area contributed by atoms with Gasteiger partial charge in [0.1, 0.15) is 5.82 Å². The van der Waals surface area contributed by atoms with E-state index in [1.807, 2.05) is 43.3 Å². The van der Waals surface area contributed by atoms with E-state index >= 15 is 0 Å². The number of ether oxygens (including phenoxy) is 1. The maximum absolute atomic E-state index is 14.2. The Bertz CT molecular complexity index is 972. The first-order chi connectivity index (χ1) is 13.8. The van der Waals surface area contributed by atoms with Crippen LogP contribution in [0.3, 0.4) is 0 Å². The minimum absolute atomic E-state index is 0.110. The highest BCUT2D eigenvalue weighted by Crippen LogP contribution is 2.20. The second kappa shape index (κ2) is 8.89. The van der Waals surface area contributed by atoms with Crippen LogP contribution in [0.1, 0.15) is 15.9 Å². The molecule has 3 rings (SSSR count). The van der Waals surface area contributed by atoms with E-state index in [9.17, 15) is 17.6 Å².